The van der Waals surface area contributed by atoms with E-state index in [2.05, 4.69) is 5.32 Å². The summed E-state index contributed by atoms with van der Waals surface area (Å²) >= 11 is 0. The van der Waals surface area contributed by atoms with Crippen LogP contribution in [-0.2, 0) is 11.0 Å². The fourth-order valence-corrected chi connectivity index (χ4v) is 3.46. The number of amides is 1. The van der Waals surface area contributed by atoms with Gasteiger partial charge in [0.25, 0.3) is 11.7 Å². The maximum Gasteiger partial charge on any atom is 0.419 e. The van der Waals surface area contributed by atoms with Crippen molar-refractivity contribution in [1.29, 1.82) is 0 Å². The second kappa shape index (κ2) is 6.92. The number of para-hydroxylation sites is 1. The smallest absolute Gasteiger partial charge is 0.419 e. The minimum atomic E-state index is -4.55. The SMILES string of the molecule is O=C(COc1ccccc1C(F)(F)F)Nc1ccc2c(c1)OC1(CCCC1)O2. The van der Waals surface area contributed by atoms with E-state index in [0.717, 1.165) is 31.7 Å². The lowest BCUT2D eigenvalue weighted by molar-refractivity contribution is -0.139. The molecule has 4 rings (SSSR count). The van der Waals surface area contributed by atoms with Gasteiger partial charge in [0.15, 0.2) is 18.1 Å². The summed E-state index contributed by atoms with van der Waals surface area (Å²) in [7, 11) is 0. The number of rotatable bonds is 4. The molecule has 1 aliphatic carbocycles. The molecular weight excluding hydrogens is 375 g/mol. The molecule has 1 heterocycles. The number of hydrogen-bond acceptors (Lipinski definition) is 4. The zero-order valence-corrected chi connectivity index (χ0v) is 14.8. The molecule has 2 aromatic carbocycles. The summed E-state index contributed by atoms with van der Waals surface area (Å²) in [6.45, 7) is -0.550. The highest BCUT2D eigenvalue weighted by atomic mass is 19.4. The van der Waals surface area contributed by atoms with Crippen LogP contribution in [0.25, 0.3) is 0 Å². The molecule has 0 aromatic heterocycles. The normalized spacial score (nSPS) is 17.0. The number of fused-ring (bicyclic) bond motifs is 1. The molecule has 1 fully saturated rings. The van der Waals surface area contributed by atoms with Gasteiger partial charge in [0, 0.05) is 24.6 Å². The third-order valence-electron chi connectivity index (χ3n) is 4.74. The first-order valence-corrected chi connectivity index (χ1v) is 8.96. The van der Waals surface area contributed by atoms with E-state index in [1.54, 1.807) is 18.2 Å². The van der Waals surface area contributed by atoms with Gasteiger partial charge < -0.3 is 19.5 Å². The van der Waals surface area contributed by atoms with Crippen LogP contribution in [0.3, 0.4) is 0 Å². The lowest BCUT2D eigenvalue weighted by Gasteiger charge is -2.21. The van der Waals surface area contributed by atoms with Gasteiger partial charge in [-0.25, -0.2) is 0 Å². The van der Waals surface area contributed by atoms with Gasteiger partial charge in [-0.05, 0) is 37.1 Å². The molecular formula is C20H18F3NO4. The second-order valence-electron chi connectivity index (χ2n) is 6.81. The van der Waals surface area contributed by atoms with Gasteiger partial charge in [-0.3, -0.25) is 4.79 Å². The standard InChI is InChI=1S/C20H18F3NO4/c21-20(22,23)14-5-1-2-6-15(14)26-12-18(25)24-13-7-8-16-17(11-13)28-19(27-16)9-3-4-10-19/h1-2,5-8,11H,3-4,9-10,12H2,(H,24,25). The monoisotopic (exact) mass is 393 g/mol. The van der Waals surface area contributed by atoms with Crippen molar-refractivity contribution in [2.24, 2.45) is 0 Å². The maximum absolute atomic E-state index is 13.0. The third kappa shape index (κ3) is 3.72. The van der Waals surface area contributed by atoms with Crippen LogP contribution in [0.1, 0.15) is 31.2 Å². The van der Waals surface area contributed by atoms with Gasteiger partial charge in [0.2, 0.25) is 0 Å². The molecule has 1 N–H and O–H groups in total. The molecule has 148 valence electrons. The highest BCUT2D eigenvalue weighted by Gasteiger charge is 2.44. The Labute approximate surface area is 159 Å². The van der Waals surface area contributed by atoms with Crippen LogP contribution in [0.4, 0.5) is 18.9 Å². The lowest BCUT2D eigenvalue weighted by Crippen LogP contribution is -2.34. The number of carbonyl (C=O) groups is 1. The number of hydrogen-bond donors (Lipinski definition) is 1. The quantitative estimate of drug-likeness (QED) is 0.814. The van der Waals surface area contributed by atoms with Gasteiger partial charge in [-0.15, -0.1) is 0 Å². The number of anilines is 1. The Bertz CT molecular complexity index is 891. The highest BCUT2D eigenvalue weighted by Crippen LogP contribution is 2.47. The predicted molar refractivity (Wildman–Crippen MR) is 94.5 cm³/mol. The summed E-state index contributed by atoms with van der Waals surface area (Å²) in [6, 6.07) is 9.76. The first-order chi connectivity index (χ1) is 13.3. The molecule has 0 unspecified atom stereocenters. The topological polar surface area (TPSA) is 56.8 Å². The van der Waals surface area contributed by atoms with Crippen molar-refractivity contribution in [3.63, 3.8) is 0 Å². The Morgan fingerprint density at radius 2 is 1.79 bits per heavy atom. The molecule has 5 nitrogen and oxygen atoms in total. The molecule has 2 aromatic rings. The highest BCUT2D eigenvalue weighted by molar-refractivity contribution is 5.92. The first-order valence-electron chi connectivity index (χ1n) is 8.96. The number of carbonyl (C=O) groups excluding carboxylic acids is 1. The Morgan fingerprint density at radius 3 is 2.54 bits per heavy atom. The Morgan fingerprint density at radius 1 is 1.07 bits per heavy atom. The van der Waals surface area contributed by atoms with Crippen LogP contribution >= 0.6 is 0 Å². The fourth-order valence-electron chi connectivity index (χ4n) is 3.46. The van der Waals surface area contributed by atoms with Gasteiger partial charge in [-0.1, -0.05) is 12.1 Å². The number of ether oxygens (including phenoxy) is 3. The van der Waals surface area contributed by atoms with Crippen molar-refractivity contribution in [2.75, 3.05) is 11.9 Å². The number of alkyl halides is 3. The summed E-state index contributed by atoms with van der Waals surface area (Å²) in [5, 5.41) is 2.60. The van der Waals surface area contributed by atoms with Crippen molar-refractivity contribution in [3.05, 3.63) is 48.0 Å². The summed E-state index contributed by atoms with van der Waals surface area (Å²) in [6.07, 6.45) is -0.852. The first kappa shape index (κ1) is 18.5. The van der Waals surface area contributed by atoms with E-state index >= 15 is 0 Å². The molecule has 0 radical (unpaired) electrons. The van der Waals surface area contributed by atoms with Crippen molar-refractivity contribution in [3.8, 4) is 17.2 Å². The Kier molecular flexibility index (Phi) is 4.56. The third-order valence-corrected chi connectivity index (χ3v) is 4.74. The molecule has 0 atom stereocenters. The fraction of sp³-hybridized carbons (Fsp3) is 0.350. The molecule has 2 aliphatic rings. The van der Waals surface area contributed by atoms with E-state index in [1.165, 1.54) is 18.2 Å². The van der Waals surface area contributed by atoms with E-state index in [0.29, 0.717) is 17.2 Å². The van der Waals surface area contributed by atoms with Crippen molar-refractivity contribution >= 4 is 11.6 Å². The average molecular weight is 393 g/mol. The molecule has 1 spiro atoms. The average Bonchev–Trinajstić information content (AvgIpc) is 3.25. The minimum Gasteiger partial charge on any atom is -0.483 e. The Balaban J connectivity index is 1.38. The molecule has 0 bridgehead atoms. The molecule has 1 saturated carbocycles. The summed E-state index contributed by atoms with van der Waals surface area (Å²) < 4.78 is 55.8. The van der Waals surface area contributed by atoms with Gasteiger partial charge in [-0.2, -0.15) is 13.2 Å². The second-order valence-corrected chi connectivity index (χ2v) is 6.81. The largest absolute Gasteiger partial charge is 0.483 e. The Hall–Kier alpha value is -2.90. The molecule has 8 heteroatoms. The van der Waals surface area contributed by atoms with Crippen molar-refractivity contribution in [1.82, 2.24) is 0 Å². The maximum atomic E-state index is 13.0. The van der Waals surface area contributed by atoms with E-state index in [-0.39, 0.29) is 5.75 Å². The van der Waals surface area contributed by atoms with E-state index in [1.807, 2.05) is 0 Å². The van der Waals surface area contributed by atoms with Crippen molar-refractivity contribution < 1.29 is 32.2 Å². The summed E-state index contributed by atoms with van der Waals surface area (Å²) in [5.74, 6) is -0.404. The van der Waals surface area contributed by atoms with Crippen molar-refractivity contribution in [2.45, 2.75) is 37.6 Å². The number of halogens is 3. The predicted octanol–water partition coefficient (Wildman–Crippen LogP) is 4.76. The van der Waals surface area contributed by atoms with Gasteiger partial charge in [0.1, 0.15) is 5.75 Å². The number of benzene rings is 2. The van der Waals surface area contributed by atoms with Crippen LogP contribution in [0.15, 0.2) is 42.5 Å². The summed E-state index contributed by atoms with van der Waals surface area (Å²) in [4.78, 5) is 12.1. The van der Waals surface area contributed by atoms with Crippen LogP contribution in [-0.4, -0.2) is 18.3 Å². The molecule has 1 amide bonds. The summed E-state index contributed by atoms with van der Waals surface area (Å²) in [5.41, 5.74) is -0.470. The lowest BCUT2D eigenvalue weighted by atomic mass is 10.2. The molecule has 28 heavy (non-hydrogen) atoms. The zero-order valence-electron chi connectivity index (χ0n) is 14.8. The van der Waals surface area contributed by atoms with Gasteiger partial charge >= 0.3 is 6.18 Å². The minimum absolute atomic E-state index is 0.390. The van der Waals surface area contributed by atoms with E-state index in [4.69, 9.17) is 14.2 Å². The molecule has 0 saturated heterocycles. The van der Waals surface area contributed by atoms with Crippen LogP contribution in [0, 0.1) is 0 Å². The van der Waals surface area contributed by atoms with Crippen LogP contribution in [0.2, 0.25) is 0 Å². The van der Waals surface area contributed by atoms with E-state index in [9.17, 15) is 18.0 Å². The van der Waals surface area contributed by atoms with Crippen LogP contribution < -0.4 is 19.5 Å². The van der Waals surface area contributed by atoms with Gasteiger partial charge in [0.05, 0.1) is 5.56 Å². The number of nitrogens with one attached hydrogen (secondary N) is 1. The molecule has 1 aliphatic heterocycles. The van der Waals surface area contributed by atoms with Crippen LogP contribution in [0.5, 0.6) is 17.2 Å². The van der Waals surface area contributed by atoms with E-state index < -0.39 is 30.0 Å². The zero-order chi connectivity index (χ0) is 19.8.